The van der Waals surface area contributed by atoms with Gasteiger partial charge in [-0.2, -0.15) is 0 Å². The molecule has 0 aromatic heterocycles. The molecule has 12 nitrogen and oxygen atoms in total. The van der Waals surface area contributed by atoms with Crippen LogP contribution in [0.5, 0.6) is 0 Å². The summed E-state index contributed by atoms with van der Waals surface area (Å²) >= 11 is 0.961. The zero-order valence-corrected chi connectivity index (χ0v) is 23.3. The van der Waals surface area contributed by atoms with Gasteiger partial charge in [0.05, 0.1) is 5.25 Å². The Kier molecular flexibility index (Phi) is 8.31. The molecule has 0 saturated carbocycles. The van der Waals surface area contributed by atoms with E-state index in [1.165, 1.54) is 0 Å². The molecule has 222 valence electrons. The fourth-order valence-corrected chi connectivity index (χ4v) is 6.77. The van der Waals surface area contributed by atoms with Gasteiger partial charge in [0.25, 0.3) is 0 Å². The summed E-state index contributed by atoms with van der Waals surface area (Å²) < 4.78 is 0. The lowest BCUT2D eigenvalue weighted by molar-refractivity contribution is -0.139. The maximum absolute atomic E-state index is 13.1. The van der Waals surface area contributed by atoms with Crippen LogP contribution in [0, 0.1) is 0 Å². The molecule has 0 aliphatic heterocycles. The minimum atomic E-state index is -1.74. The number of fused-ring (bicyclic) bond motifs is 2. The third-order valence-electron chi connectivity index (χ3n) is 7.51. The van der Waals surface area contributed by atoms with Crippen molar-refractivity contribution in [3.63, 3.8) is 0 Å². The second-order valence-electron chi connectivity index (χ2n) is 10.3. The molecule has 2 amide bonds. The fraction of sp³-hybridized carbons (Fsp3) is 0.267. The number of hydrogen-bond acceptors (Lipinski definition) is 9. The summed E-state index contributed by atoms with van der Waals surface area (Å²) in [4.78, 5) is 73.5. The predicted molar refractivity (Wildman–Crippen MR) is 158 cm³/mol. The van der Waals surface area contributed by atoms with E-state index in [0.717, 1.165) is 38.7 Å². The monoisotopic (exact) mass is 605 g/mol. The minimum Gasteiger partial charge on any atom is -0.480 e. The van der Waals surface area contributed by atoms with E-state index in [-0.39, 0.29) is 24.2 Å². The molecule has 0 heterocycles. The Hall–Kier alpha value is -4.59. The summed E-state index contributed by atoms with van der Waals surface area (Å²) in [6, 6.07) is 12.4. The maximum Gasteiger partial charge on any atom is 0.322 e. The number of thioether (sulfide) groups is 1. The molecule has 5 rings (SSSR count). The number of nitrogens with one attached hydrogen (secondary N) is 2. The first-order valence-corrected chi connectivity index (χ1v) is 14.4. The molecule has 0 bridgehead atoms. The van der Waals surface area contributed by atoms with Crippen LogP contribution in [0.3, 0.4) is 0 Å². The van der Waals surface area contributed by atoms with Crippen molar-refractivity contribution in [2.75, 3.05) is 12.3 Å². The molecule has 4 aromatic carbocycles. The molecule has 43 heavy (non-hydrogen) atoms. The molecule has 4 unspecified atom stereocenters. The lowest BCUT2D eigenvalue weighted by Gasteiger charge is -2.31. The van der Waals surface area contributed by atoms with Crippen molar-refractivity contribution in [1.82, 2.24) is 10.6 Å². The number of carboxylic acids is 2. The molecule has 7 N–H and O–H groups in total. The number of aliphatic hydroxyl groups excluding tert-OH is 1. The lowest BCUT2D eigenvalue weighted by atomic mass is 9.81. The number of benzene rings is 4. The average molecular weight is 606 g/mol. The SMILES string of the molecule is NC(CCC(=O)NC(CSC1c2c(cc3ccc4cccc5ccc2c3c45)C(=O)C(=O)C1O)C(=O)NCC(=O)O)C(=O)O. The van der Waals surface area contributed by atoms with Gasteiger partial charge in [0.1, 0.15) is 24.7 Å². The van der Waals surface area contributed by atoms with Crippen molar-refractivity contribution >= 4 is 79.4 Å². The van der Waals surface area contributed by atoms with E-state index in [1.54, 1.807) is 6.07 Å². The number of carbonyl (C=O) groups excluding carboxylic acids is 4. The first-order chi connectivity index (χ1) is 20.5. The highest BCUT2D eigenvalue weighted by atomic mass is 32.2. The van der Waals surface area contributed by atoms with E-state index in [1.807, 2.05) is 42.5 Å². The number of ketones is 2. The first-order valence-electron chi connectivity index (χ1n) is 13.3. The predicted octanol–water partition coefficient (Wildman–Crippen LogP) is 1.36. The van der Waals surface area contributed by atoms with Gasteiger partial charge in [-0.05, 0) is 50.4 Å². The van der Waals surface area contributed by atoms with Gasteiger partial charge >= 0.3 is 11.9 Å². The Morgan fingerprint density at radius 3 is 2.30 bits per heavy atom. The fourth-order valence-electron chi connectivity index (χ4n) is 5.41. The summed E-state index contributed by atoms with van der Waals surface area (Å²) in [5.41, 5.74) is 6.03. The molecule has 13 heteroatoms. The van der Waals surface area contributed by atoms with Crippen LogP contribution in [-0.2, 0) is 24.0 Å². The van der Waals surface area contributed by atoms with Crippen LogP contribution >= 0.6 is 11.8 Å². The summed E-state index contributed by atoms with van der Waals surface area (Å²) in [5, 5.41) is 37.8. The Bertz CT molecular complexity index is 1790. The van der Waals surface area contributed by atoms with Gasteiger partial charge in [-0.3, -0.25) is 28.8 Å². The molecule has 1 aliphatic rings. The zero-order chi connectivity index (χ0) is 31.0. The van der Waals surface area contributed by atoms with E-state index in [2.05, 4.69) is 10.6 Å². The van der Waals surface area contributed by atoms with Gasteiger partial charge in [0, 0.05) is 17.7 Å². The largest absolute Gasteiger partial charge is 0.480 e. The Morgan fingerprint density at radius 1 is 0.953 bits per heavy atom. The van der Waals surface area contributed by atoms with Gasteiger partial charge < -0.3 is 31.7 Å². The highest BCUT2D eigenvalue weighted by molar-refractivity contribution is 7.99. The van der Waals surface area contributed by atoms with Crippen molar-refractivity contribution in [2.45, 2.75) is 36.3 Å². The molecular weight excluding hydrogens is 578 g/mol. The second kappa shape index (κ2) is 12.0. The number of aliphatic hydroxyl groups is 1. The third-order valence-corrected chi connectivity index (χ3v) is 8.88. The van der Waals surface area contributed by atoms with Crippen LogP contribution in [0.2, 0.25) is 0 Å². The maximum atomic E-state index is 13.1. The molecular formula is C30H27N3O9S. The number of Topliss-reactive ketones (excluding diaryl/α,β-unsaturated/α-hetero) is 2. The normalized spacial score (nSPS) is 18.0. The van der Waals surface area contributed by atoms with Crippen LogP contribution in [0.25, 0.3) is 32.3 Å². The van der Waals surface area contributed by atoms with Crippen LogP contribution in [0.15, 0.2) is 48.5 Å². The molecule has 0 radical (unpaired) electrons. The number of carbonyl (C=O) groups is 6. The van der Waals surface area contributed by atoms with Gasteiger partial charge in [-0.1, -0.05) is 42.5 Å². The van der Waals surface area contributed by atoms with Gasteiger partial charge in [0.15, 0.2) is 0 Å². The summed E-state index contributed by atoms with van der Waals surface area (Å²) in [6.07, 6.45) is -2.27. The van der Waals surface area contributed by atoms with Crippen molar-refractivity contribution < 1.29 is 44.1 Å². The van der Waals surface area contributed by atoms with Crippen molar-refractivity contribution in [1.29, 1.82) is 0 Å². The van der Waals surface area contributed by atoms with Crippen LogP contribution in [0.1, 0.15) is 34.0 Å². The topological polar surface area (TPSA) is 213 Å². The van der Waals surface area contributed by atoms with Gasteiger partial charge in [0.2, 0.25) is 23.4 Å². The summed E-state index contributed by atoms with van der Waals surface area (Å²) in [7, 11) is 0. The van der Waals surface area contributed by atoms with Crippen molar-refractivity contribution in [3.05, 3.63) is 59.7 Å². The van der Waals surface area contributed by atoms with E-state index < -0.39 is 65.3 Å². The second-order valence-corrected chi connectivity index (χ2v) is 11.5. The van der Waals surface area contributed by atoms with Crippen molar-refractivity contribution in [2.24, 2.45) is 5.73 Å². The molecule has 0 spiro atoms. The zero-order valence-electron chi connectivity index (χ0n) is 22.5. The van der Waals surface area contributed by atoms with E-state index >= 15 is 0 Å². The van der Waals surface area contributed by atoms with Crippen molar-refractivity contribution in [3.8, 4) is 0 Å². The molecule has 0 fully saturated rings. The molecule has 0 saturated heterocycles. The van der Waals surface area contributed by atoms with E-state index in [9.17, 15) is 33.9 Å². The van der Waals surface area contributed by atoms with Crippen LogP contribution in [0.4, 0.5) is 0 Å². The summed E-state index contributed by atoms with van der Waals surface area (Å²) in [5.74, 6) is -6.20. The molecule has 4 aromatic rings. The van der Waals surface area contributed by atoms with Gasteiger partial charge in [-0.15, -0.1) is 11.8 Å². The lowest BCUT2D eigenvalue weighted by Crippen LogP contribution is -2.50. The van der Waals surface area contributed by atoms with E-state index in [0.29, 0.717) is 10.9 Å². The average Bonchev–Trinajstić information content (AvgIpc) is 2.99. The quantitative estimate of drug-likeness (QED) is 0.106. The molecule has 4 atom stereocenters. The highest BCUT2D eigenvalue weighted by Crippen LogP contribution is 2.46. The summed E-state index contributed by atoms with van der Waals surface area (Å²) in [6.45, 7) is -0.724. The Balaban J connectivity index is 1.50. The number of hydrogen-bond donors (Lipinski definition) is 6. The van der Waals surface area contributed by atoms with Crippen LogP contribution < -0.4 is 16.4 Å². The minimum absolute atomic E-state index is 0.136. The number of nitrogens with two attached hydrogens (primary N) is 1. The van der Waals surface area contributed by atoms with Crippen LogP contribution in [-0.4, -0.2) is 81.1 Å². The number of rotatable bonds is 11. The standard InChI is InChI=1S/C30H27N3O9S/c31-18(30(41)42)8-9-20(34)33-19(29(40)32-11-21(35)36)12-43-28-24-16-7-6-14-3-1-2-13-4-5-15(23(16)22(13)14)10-17(24)25(37)26(38)27(28)39/h1-7,10,18-19,27-28,39H,8-9,11-12,31H2,(H,32,40)(H,33,34)(H,35,36)(H,41,42). The third kappa shape index (κ3) is 5.74. The first kappa shape index (κ1) is 29.9. The Labute approximate surface area is 247 Å². The van der Waals surface area contributed by atoms with Gasteiger partial charge in [-0.25, -0.2) is 0 Å². The molecule has 1 aliphatic carbocycles. The number of carboxylic acid groups (broad SMARTS) is 2. The highest BCUT2D eigenvalue weighted by Gasteiger charge is 2.42. The Morgan fingerprint density at radius 2 is 1.63 bits per heavy atom. The number of aliphatic carboxylic acids is 2. The smallest absolute Gasteiger partial charge is 0.322 e. The number of amides is 2. The van der Waals surface area contributed by atoms with E-state index in [4.69, 9.17) is 15.9 Å².